The molecule has 0 N–H and O–H groups in total. The predicted octanol–water partition coefficient (Wildman–Crippen LogP) is 4.69. The van der Waals surface area contributed by atoms with Crippen molar-refractivity contribution < 1.29 is 0 Å². The summed E-state index contributed by atoms with van der Waals surface area (Å²) in [5.74, 6) is 0. The zero-order valence-corrected chi connectivity index (χ0v) is 9.94. The van der Waals surface area contributed by atoms with Crippen LogP contribution in [0.2, 0.25) is 0 Å². The van der Waals surface area contributed by atoms with Crippen molar-refractivity contribution >= 4 is 15.9 Å². The number of alkyl halides is 1. The molecule has 0 aliphatic heterocycles. The van der Waals surface area contributed by atoms with E-state index in [2.05, 4.69) is 41.9 Å². The highest BCUT2D eigenvalue weighted by molar-refractivity contribution is 9.09. The minimum atomic E-state index is 0.749. The van der Waals surface area contributed by atoms with Crippen molar-refractivity contribution in [2.75, 3.05) is 0 Å². The summed E-state index contributed by atoms with van der Waals surface area (Å²) in [6.07, 6.45) is 12.4. The number of allylic oxidation sites excluding steroid dienone is 2. The Morgan fingerprint density at radius 2 is 2.00 bits per heavy atom. The fourth-order valence-electron chi connectivity index (χ4n) is 1.18. The summed E-state index contributed by atoms with van der Waals surface area (Å²) in [7, 11) is 0. The maximum Gasteiger partial charge on any atom is 0.0143 e. The molecule has 0 radical (unpaired) electrons. The summed E-state index contributed by atoms with van der Waals surface area (Å²) in [4.78, 5) is 0.749. The van der Waals surface area contributed by atoms with Gasteiger partial charge in [0.05, 0.1) is 0 Å². The molecule has 0 saturated carbocycles. The van der Waals surface area contributed by atoms with Crippen LogP contribution in [0.3, 0.4) is 0 Å². The van der Waals surface area contributed by atoms with E-state index in [0.29, 0.717) is 0 Å². The van der Waals surface area contributed by atoms with E-state index in [9.17, 15) is 0 Å². The van der Waals surface area contributed by atoms with Crippen molar-refractivity contribution in [2.24, 2.45) is 0 Å². The lowest BCUT2D eigenvalue weighted by atomic mass is 10.1. The molecule has 0 amide bonds. The van der Waals surface area contributed by atoms with E-state index in [1.165, 1.54) is 38.5 Å². The van der Waals surface area contributed by atoms with Gasteiger partial charge in [-0.05, 0) is 32.6 Å². The molecule has 1 heteroatoms. The minimum absolute atomic E-state index is 0.749. The van der Waals surface area contributed by atoms with Crippen LogP contribution in [0, 0.1) is 0 Å². The van der Waals surface area contributed by atoms with Crippen LogP contribution in [0.1, 0.15) is 52.4 Å². The summed E-state index contributed by atoms with van der Waals surface area (Å²) in [6, 6.07) is 0. The molecule has 1 unspecified atom stereocenters. The molecule has 12 heavy (non-hydrogen) atoms. The van der Waals surface area contributed by atoms with Crippen molar-refractivity contribution in [1.29, 1.82) is 0 Å². The number of rotatable bonds is 7. The Kier molecular flexibility index (Phi) is 9.48. The Morgan fingerprint density at radius 3 is 2.58 bits per heavy atom. The van der Waals surface area contributed by atoms with E-state index in [1.54, 1.807) is 0 Å². The molecule has 0 saturated heterocycles. The molecule has 0 rings (SSSR count). The second kappa shape index (κ2) is 9.31. The Balaban J connectivity index is 3.00. The molecular formula is C11H21Br. The van der Waals surface area contributed by atoms with Gasteiger partial charge in [0.25, 0.3) is 0 Å². The van der Waals surface area contributed by atoms with Crippen LogP contribution in [0.15, 0.2) is 12.2 Å². The third-order valence-electron chi connectivity index (χ3n) is 2.07. The molecule has 72 valence electrons. The second-order valence-electron chi connectivity index (χ2n) is 3.21. The maximum atomic E-state index is 3.65. The van der Waals surface area contributed by atoms with E-state index in [4.69, 9.17) is 0 Å². The average molecular weight is 233 g/mol. The highest BCUT2D eigenvalue weighted by Crippen LogP contribution is 2.14. The molecule has 0 aromatic rings. The first kappa shape index (κ1) is 12.2. The van der Waals surface area contributed by atoms with Crippen LogP contribution in [-0.4, -0.2) is 4.83 Å². The van der Waals surface area contributed by atoms with Gasteiger partial charge < -0.3 is 0 Å². The van der Waals surface area contributed by atoms with Crippen molar-refractivity contribution in [2.45, 2.75) is 57.2 Å². The first-order chi connectivity index (χ1) is 5.81. The van der Waals surface area contributed by atoms with Gasteiger partial charge in [0.2, 0.25) is 0 Å². The van der Waals surface area contributed by atoms with E-state index in [0.717, 1.165) is 4.83 Å². The first-order valence-electron chi connectivity index (χ1n) is 5.06. The van der Waals surface area contributed by atoms with Crippen molar-refractivity contribution in [1.82, 2.24) is 0 Å². The van der Waals surface area contributed by atoms with Crippen molar-refractivity contribution in [3.05, 3.63) is 12.2 Å². The topological polar surface area (TPSA) is 0 Å². The Hall–Kier alpha value is 0.220. The quantitative estimate of drug-likeness (QED) is 0.340. The lowest BCUT2D eigenvalue weighted by molar-refractivity contribution is 0.625. The van der Waals surface area contributed by atoms with E-state index in [-0.39, 0.29) is 0 Å². The van der Waals surface area contributed by atoms with E-state index >= 15 is 0 Å². The van der Waals surface area contributed by atoms with Gasteiger partial charge in [0.15, 0.2) is 0 Å². The molecule has 0 nitrogen and oxygen atoms in total. The summed E-state index contributed by atoms with van der Waals surface area (Å²) >= 11 is 3.65. The molecule has 0 fully saturated rings. The van der Waals surface area contributed by atoms with Crippen LogP contribution in [0.25, 0.3) is 0 Å². The third kappa shape index (κ3) is 8.32. The van der Waals surface area contributed by atoms with Gasteiger partial charge in [-0.25, -0.2) is 0 Å². The molecule has 0 heterocycles. The van der Waals surface area contributed by atoms with Crippen LogP contribution in [0.5, 0.6) is 0 Å². The molecule has 0 aromatic heterocycles. The van der Waals surface area contributed by atoms with Gasteiger partial charge in [-0.1, -0.05) is 47.8 Å². The summed E-state index contributed by atoms with van der Waals surface area (Å²) in [5.41, 5.74) is 0. The lowest BCUT2D eigenvalue weighted by Gasteiger charge is -2.04. The van der Waals surface area contributed by atoms with E-state index in [1.807, 2.05) is 0 Å². The van der Waals surface area contributed by atoms with Crippen molar-refractivity contribution in [3.8, 4) is 0 Å². The highest BCUT2D eigenvalue weighted by atomic mass is 79.9. The fraction of sp³-hybridized carbons (Fsp3) is 0.818. The summed E-state index contributed by atoms with van der Waals surface area (Å²) < 4.78 is 0. The largest absolute Gasteiger partial charge is 0.0917 e. The molecule has 1 atom stereocenters. The van der Waals surface area contributed by atoms with Gasteiger partial charge in [0, 0.05) is 4.83 Å². The average Bonchev–Trinajstić information content (AvgIpc) is 2.10. The highest BCUT2D eigenvalue weighted by Gasteiger charge is 1.98. The standard InChI is InChI=1S/C11H21Br/c1-3-5-6-7-8-9-10-11(12)4-2/h3,5,11H,4,6-10H2,1-2H3. The van der Waals surface area contributed by atoms with Gasteiger partial charge in [-0.15, -0.1) is 0 Å². The molecule has 0 aliphatic carbocycles. The number of halogens is 1. The summed E-state index contributed by atoms with van der Waals surface area (Å²) in [6.45, 7) is 4.32. The third-order valence-corrected chi connectivity index (χ3v) is 3.17. The predicted molar refractivity (Wildman–Crippen MR) is 60.9 cm³/mol. The van der Waals surface area contributed by atoms with Crippen molar-refractivity contribution in [3.63, 3.8) is 0 Å². The first-order valence-corrected chi connectivity index (χ1v) is 5.98. The van der Waals surface area contributed by atoms with Gasteiger partial charge >= 0.3 is 0 Å². The minimum Gasteiger partial charge on any atom is -0.0917 e. The Morgan fingerprint density at radius 1 is 1.25 bits per heavy atom. The molecule has 0 aliphatic rings. The fourth-order valence-corrected chi connectivity index (χ4v) is 1.50. The Labute approximate surface area is 85.6 Å². The van der Waals surface area contributed by atoms with Crippen LogP contribution >= 0.6 is 15.9 Å². The number of hydrogen-bond donors (Lipinski definition) is 0. The lowest BCUT2D eigenvalue weighted by Crippen LogP contribution is -1.93. The molecule has 0 spiro atoms. The maximum absolute atomic E-state index is 3.65. The SMILES string of the molecule is CC=CCCCCCC(Br)CC. The Bertz CT molecular complexity index is 108. The second-order valence-corrected chi connectivity index (χ2v) is 4.51. The smallest absolute Gasteiger partial charge is 0.0143 e. The molecular weight excluding hydrogens is 212 g/mol. The number of hydrogen-bond acceptors (Lipinski definition) is 0. The van der Waals surface area contributed by atoms with Crippen LogP contribution < -0.4 is 0 Å². The summed E-state index contributed by atoms with van der Waals surface area (Å²) in [5, 5.41) is 0. The van der Waals surface area contributed by atoms with Crippen LogP contribution in [0.4, 0.5) is 0 Å². The molecule has 0 aromatic carbocycles. The monoisotopic (exact) mass is 232 g/mol. The van der Waals surface area contributed by atoms with Crippen LogP contribution in [-0.2, 0) is 0 Å². The van der Waals surface area contributed by atoms with Gasteiger partial charge in [-0.3, -0.25) is 0 Å². The normalized spacial score (nSPS) is 13.9. The number of unbranched alkanes of at least 4 members (excludes halogenated alkanes) is 3. The van der Waals surface area contributed by atoms with Gasteiger partial charge in [-0.2, -0.15) is 0 Å². The van der Waals surface area contributed by atoms with E-state index < -0.39 is 0 Å². The van der Waals surface area contributed by atoms with Gasteiger partial charge in [0.1, 0.15) is 0 Å². The molecule has 0 bridgehead atoms. The zero-order chi connectivity index (χ0) is 9.23. The zero-order valence-electron chi connectivity index (χ0n) is 8.35.